The second kappa shape index (κ2) is 7.50. The summed E-state index contributed by atoms with van der Waals surface area (Å²) in [6.45, 7) is -0.102. The van der Waals surface area contributed by atoms with E-state index in [9.17, 15) is 22.7 Å². The van der Waals surface area contributed by atoms with E-state index in [4.69, 9.17) is 0 Å². The number of benzene rings is 2. The van der Waals surface area contributed by atoms with Crippen LogP contribution in [0.25, 0.3) is 10.9 Å². The number of aromatic nitrogens is 1. The van der Waals surface area contributed by atoms with Crippen molar-refractivity contribution in [1.82, 2.24) is 4.57 Å². The second-order valence-electron chi connectivity index (χ2n) is 6.30. The Hall–Kier alpha value is -2.71. The highest BCUT2D eigenvalue weighted by Crippen LogP contribution is 2.22. The van der Waals surface area contributed by atoms with Gasteiger partial charge in [0.25, 0.3) is 0 Å². The third-order valence-electron chi connectivity index (χ3n) is 4.25. The third-order valence-corrected chi connectivity index (χ3v) is 5.41. The van der Waals surface area contributed by atoms with Crippen molar-refractivity contribution in [3.8, 4) is 0 Å². The number of sulfonamides is 1. The number of carbonyl (C=O) groups is 1. The first-order chi connectivity index (χ1) is 12.8. The molecule has 0 fully saturated rings. The van der Waals surface area contributed by atoms with Crippen LogP contribution in [0.4, 0.5) is 10.1 Å². The first-order valence-electron chi connectivity index (χ1n) is 8.24. The van der Waals surface area contributed by atoms with Crippen LogP contribution in [0.15, 0.2) is 54.7 Å². The molecule has 6 nitrogen and oxygen atoms in total. The number of aliphatic hydroxyl groups excluding tert-OH is 1. The number of halogens is 1. The average molecular weight is 390 g/mol. The predicted molar refractivity (Wildman–Crippen MR) is 102 cm³/mol. The zero-order chi connectivity index (χ0) is 19.6. The zero-order valence-electron chi connectivity index (χ0n) is 14.6. The van der Waals surface area contributed by atoms with Crippen LogP contribution in [0.5, 0.6) is 0 Å². The summed E-state index contributed by atoms with van der Waals surface area (Å²) in [5, 5.41) is 11.3. The van der Waals surface area contributed by atoms with Crippen LogP contribution in [0.3, 0.4) is 0 Å². The number of nitrogens with zero attached hydrogens (tertiary/aromatic N) is 2. The van der Waals surface area contributed by atoms with Crippen LogP contribution in [0.1, 0.15) is 10.4 Å². The first kappa shape index (κ1) is 19.1. The third kappa shape index (κ3) is 4.17. The van der Waals surface area contributed by atoms with E-state index in [1.807, 2.05) is 24.3 Å². The fourth-order valence-corrected chi connectivity index (χ4v) is 3.98. The SMILES string of the molecule is CS(=O)(=O)N(C[C@H](O)Cn1cc(C=O)c2ccccc21)c1ccc(F)cc1. The monoisotopic (exact) mass is 390 g/mol. The molecule has 2 aromatic carbocycles. The molecule has 142 valence electrons. The number of anilines is 1. The highest BCUT2D eigenvalue weighted by molar-refractivity contribution is 7.92. The lowest BCUT2D eigenvalue weighted by molar-refractivity contribution is 0.112. The number of carbonyl (C=O) groups excluding carboxylic acids is 1. The van der Waals surface area contributed by atoms with Crippen molar-refractivity contribution in [3.63, 3.8) is 0 Å². The predicted octanol–water partition coefficient (Wildman–Crippen LogP) is 2.42. The van der Waals surface area contributed by atoms with Gasteiger partial charge >= 0.3 is 0 Å². The maximum atomic E-state index is 13.1. The number of hydrogen-bond acceptors (Lipinski definition) is 4. The molecular weight excluding hydrogens is 371 g/mol. The largest absolute Gasteiger partial charge is 0.389 e. The minimum Gasteiger partial charge on any atom is -0.389 e. The molecule has 0 unspecified atom stereocenters. The van der Waals surface area contributed by atoms with Gasteiger partial charge in [-0.1, -0.05) is 18.2 Å². The van der Waals surface area contributed by atoms with Gasteiger partial charge in [-0.25, -0.2) is 12.8 Å². The van der Waals surface area contributed by atoms with Gasteiger partial charge in [0, 0.05) is 22.7 Å². The number of aliphatic hydroxyl groups is 1. The van der Waals surface area contributed by atoms with Crippen molar-refractivity contribution >= 4 is 32.9 Å². The van der Waals surface area contributed by atoms with E-state index < -0.39 is 21.9 Å². The Kier molecular flexibility index (Phi) is 5.29. The van der Waals surface area contributed by atoms with E-state index >= 15 is 0 Å². The van der Waals surface area contributed by atoms with E-state index in [0.717, 1.165) is 39.9 Å². The average Bonchev–Trinajstić information content (AvgIpc) is 2.98. The highest BCUT2D eigenvalue weighted by atomic mass is 32.2. The zero-order valence-corrected chi connectivity index (χ0v) is 15.4. The molecule has 1 N–H and O–H groups in total. The molecule has 1 heterocycles. The van der Waals surface area contributed by atoms with Gasteiger partial charge in [0.05, 0.1) is 31.1 Å². The molecular formula is C19H19FN2O4S. The minimum atomic E-state index is -3.67. The van der Waals surface area contributed by atoms with Crippen LogP contribution in [-0.2, 0) is 16.6 Å². The number of aldehydes is 1. The molecule has 1 aromatic heterocycles. The van der Waals surface area contributed by atoms with Gasteiger partial charge < -0.3 is 9.67 Å². The first-order valence-corrected chi connectivity index (χ1v) is 10.1. The van der Waals surface area contributed by atoms with Gasteiger partial charge in [-0.3, -0.25) is 9.10 Å². The van der Waals surface area contributed by atoms with Crippen LogP contribution >= 0.6 is 0 Å². The Labute approximate surface area is 156 Å². The van der Waals surface area contributed by atoms with Crippen molar-refractivity contribution in [1.29, 1.82) is 0 Å². The van der Waals surface area contributed by atoms with Crippen LogP contribution in [-0.4, -0.2) is 43.3 Å². The lowest BCUT2D eigenvalue weighted by atomic mass is 10.2. The summed E-state index contributed by atoms with van der Waals surface area (Å²) in [7, 11) is -3.67. The van der Waals surface area contributed by atoms with E-state index in [1.165, 1.54) is 12.1 Å². The molecule has 0 amide bonds. The van der Waals surface area contributed by atoms with Crippen molar-refractivity contribution in [3.05, 3.63) is 66.1 Å². The lowest BCUT2D eigenvalue weighted by Gasteiger charge is -2.25. The van der Waals surface area contributed by atoms with Crippen molar-refractivity contribution in [2.24, 2.45) is 0 Å². The molecule has 27 heavy (non-hydrogen) atoms. The molecule has 8 heteroatoms. The van der Waals surface area contributed by atoms with Crippen molar-refractivity contribution < 1.29 is 22.7 Å². The molecule has 0 aliphatic carbocycles. The summed E-state index contributed by atoms with van der Waals surface area (Å²) in [5.41, 5.74) is 1.53. The smallest absolute Gasteiger partial charge is 0.232 e. The number of hydrogen-bond donors (Lipinski definition) is 1. The normalized spacial score (nSPS) is 12.9. The molecule has 0 aliphatic heterocycles. The van der Waals surface area contributed by atoms with Gasteiger partial charge in [-0.05, 0) is 30.3 Å². The molecule has 1 atom stereocenters. The molecule has 3 aromatic rings. The van der Waals surface area contributed by atoms with E-state index in [-0.39, 0.29) is 18.8 Å². The van der Waals surface area contributed by atoms with Crippen LogP contribution in [0.2, 0.25) is 0 Å². The number of fused-ring (bicyclic) bond motifs is 1. The summed E-state index contributed by atoms with van der Waals surface area (Å²) in [6.07, 6.45) is 2.36. The van der Waals surface area contributed by atoms with Crippen molar-refractivity contribution in [2.45, 2.75) is 12.6 Å². The van der Waals surface area contributed by atoms with E-state index in [2.05, 4.69) is 0 Å². The van der Waals surface area contributed by atoms with Gasteiger partial charge in [0.15, 0.2) is 6.29 Å². The van der Waals surface area contributed by atoms with Crippen LogP contribution < -0.4 is 4.31 Å². The standard InChI is InChI=1S/C19H19FN2O4S/c1-27(25,26)22(16-8-6-15(20)7-9-16)12-17(24)11-21-10-14(13-23)18-4-2-3-5-19(18)21/h2-10,13,17,24H,11-12H2,1H3/t17-/m1/s1. The summed E-state index contributed by atoms with van der Waals surface area (Å²) < 4.78 is 40.2. The molecule has 0 radical (unpaired) electrons. The molecule has 0 bridgehead atoms. The Morgan fingerprint density at radius 3 is 2.48 bits per heavy atom. The highest BCUT2D eigenvalue weighted by Gasteiger charge is 2.22. The number of para-hydroxylation sites is 1. The topological polar surface area (TPSA) is 79.6 Å². The summed E-state index contributed by atoms with van der Waals surface area (Å²) >= 11 is 0. The van der Waals surface area contributed by atoms with Gasteiger partial charge in [0.2, 0.25) is 10.0 Å². The Morgan fingerprint density at radius 2 is 1.85 bits per heavy atom. The molecule has 0 spiro atoms. The fraction of sp³-hybridized carbons (Fsp3) is 0.211. The molecule has 0 saturated carbocycles. The van der Waals surface area contributed by atoms with E-state index in [1.54, 1.807) is 10.8 Å². The fourth-order valence-electron chi connectivity index (χ4n) is 3.04. The maximum absolute atomic E-state index is 13.1. The van der Waals surface area contributed by atoms with Gasteiger partial charge in [0.1, 0.15) is 5.82 Å². The Balaban J connectivity index is 1.86. The van der Waals surface area contributed by atoms with Gasteiger partial charge in [-0.2, -0.15) is 0 Å². The Bertz CT molecular complexity index is 1060. The molecule has 0 aliphatic rings. The molecule has 3 rings (SSSR count). The van der Waals surface area contributed by atoms with Crippen LogP contribution in [0, 0.1) is 5.82 Å². The lowest BCUT2D eigenvalue weighted by Crippen LogP contribution is -2.38. The molecule has 0 saturated heterocycles. The van der Waals surface area contributed by atoms with Gasteiger partial charge in [-0.15, -0.1) is 0 Å². The summed E-state index contributed by atoms with van der Waals surface area (Å²) in [6, 6.07) is 12.3. The summed E-state index contributed by atoms with van der Waals surface area (Å²) in [5.74, 6) is -0.479. The summed E-state index contributed by atoms with van der Waals surface area (Å²) in [4.78, 5) is 11.2. The van der Waals surface area contributed by atoms with Crippen molar-refractivity contribution in [2.75, 3.05) is 17.1 Å². The Morgan fingerprint density at radius 1 is 1.19 bits per heavy atom. The minimum absolute atomic E-state index is 0.0988. The second-order valence-corrected chi connectivity index (χ2v) is 8.20. The maximum Gasteiger partial charge on any atom is 0.232 e. The van der Waals surface area contributed by atoms with E-state index in [0.29, 0.717) is 5.56 Å². The number of rotatable bonds is 7. The quantitative estimate of drug-likeness (QED) is 0.629.